The number of anilines is 1. The van der Waals surface area contributed by atoms with Gasteiger partial charge in [-0.1, -0.05) is 20.8 Å². The number of aromatic nitrogens is 2. The first-order valence-corrected chi connectivity index (χ1v) is 6.31. The van der Waals surface area contributed by atoms with Crippen LogP contribution in [0.1, 0.15) is 26.6 Å². The normalized spacial score (nSPS) is 11.6. The monoisotopic (exact) mass is 259 g/mol. The van der Waals surface area contributed by atoms with Crippen LogP contribution in [-0.2, 0) is 12.5 Å². The van der Waals surface area contributed by atoms with Crippen molar-refractivity contribution in [2.45, 2.75) is 26.2 Å². The van der Waals surface area contributed by atoms with E-state index < -0.39 is 0 Å². The van der Waals surface area contributed by atoms with Gasteiger partial charge in [-0.15, -0.1) is 0 Å². The van der Waals surface area contributed by atoms with Crippen LogP contribution in [0, 0.1) is 0 Å². The summed E-state index contributed by atoms with van der Waals surface area (Å²) >= 11 is 0. The molecule has 4 nitrogen and oxygen atoms in total. The van der Waals surface area contributed by atoms with E-state index in [0.29, 0.717) is 5.82 Å². The Bertz CT molecular complexity index is 577. The lowest BCUT2D eigenvalue weighted by molar-refractivity contribution is 0.415. The van der Waals surface area contributed by atoms with Crippen LogP contribution in [0.3, 0.4) is 0 Å². The number of nitrogens with two attached hydrogens (primary N) is 1. The molecule has 0 bridgehead atoms. The number of ether oxygens (including phenoxy) is 1. The van der Waals surface area contributed by atoms with Crippen LogP contribution in [0.15, 0.2) is 24.3 Å². The van der Waals surface area contributed by atoms with Gasteiger partial charge in [0, 0.05) is 18.0 Å². The Morgan fingerprint density at radius 1 is 1.16 bits per heavy atom. The van der Waals surface area contributed by atoms with Gasteiger partial charge in [-0.3, -0.25) is 0 Å². The number of imidazole rings is 1. The molecule has 19 heavy (non-hydrogen) atoms. The van der Waals surface area contributed by atoms with Gasteiger partial charge in [0.25, 0.3) is 0 Å². The van der Waals surface area contributed by atoms with Crippen molar-refractivity contribution in [2.75, 3.05) is 12.8 Å². The minimum absolute atomic E-state index is 0.0341. The number of hydrogen-bond acceptors (Lipinski definition) is 3. The van der Waals surface area contributed by atoms with E-state index in [1.165, 1.54) is 0 Å². The molecule has 2 aromatic rings. The van der Waals surface area contributed by atoms with Crippen LogP contribution in [0.5, 0.6) is 5.75 Å². The van der Waals surface area contributed by atoms with Crippen molar-refractivity contribution in [2.24, 2.45) is 7.05 Å². The zero-order valence-corrected chi connectivity index (χ0v) is 12.2. The smallest absolute Gasteiger partial charge is 0.131 e. The molecule has 0 aliphatic carbocycles. The highest BCUT2D eigenvalue weighted by atomic mass is 16.5. The minimum atomic E-state index is -0.0341. The van der Waals surface area contributed by atoms with Crippen LogP contribution in [0.2, 0.25) is 0 Å². The second-order valence-corrected chi connectivity index (χ2v) is 5.71. The second kappa shape index (κ2) is 4.61. The summed E-state index contributed by atoms with van der Waals surface area (Å²) in [5, 5.41) is 0. The SMILES string of the molecule is COc1ccc(-c2nc(C(C)(C)C)n(C)c2N)cc1. The van der Waals surface area contributed by atoms with E-state index in [-0.39, 0.29) is 5.41 Å². The molecule has 2 rings (SSSR count). The summed E-state index contributed by atoms with van der Waals surface area (Å²) in [4.78, 5) is 4.70. The topological polar surface area (TPSA) is 53.1 Å². The first-order chi connectivity index (χ1) is 8.84. The summed E-state index contributed by atoms with van der Waals surface area (Å²) in [5.41, 5.74) is 7.97. The van der Waals surface area contributed by atoms with Gasteiger partial charge in [-0.05, 0) is 24.3 Å². The predicted octanol–water partition coefficient (Wildman–Crippen LogP) is 2.98. The number of rotatable bonds is 2. The Hall–Kier alpha value is -1.97. The van der Waals surface area contributed by atoms with Gasteiger partial charge in [0.1, 0.15) is 23.1 Å². The molecule has 0 amide bonds. The third kappa shape index (κ3) is 2.43. The highest BCUT2D eigenvalue weighted by Gasteiger charge is 2.23. The lowest BCUT2D eigenvalue weighted by Gasteiger charge is -2.17. The van der Waals surface area contributed by atoms with Crippen molar-refractivity contribution in [3.05, 3.63) is 30.1 Å². The lowest BCUT2D eigenvalue weighted by atomic mass is 9.96. The highest BCUT2D eigenvalue weighted by Crippen LogP contribution is 2.31. The zero-order valence-electron chi connectivity index (χ0n) is 12.2. The van der Waals surface area contributed by atoms with Gasteiger partial charge in [-0.2, -0.15) is 0 Å². The average molecular weight is 259 g/mol. The fraction of sp³-hybridized carbons (Fsp3) is 0.400. The quantitative estimate of drug-likeness (QED) is 0.902. The summed E-state index contributed by atoms with van der Waals surface area (Å²) in [6.45, 7) is 6.39. The molecule has 0 aliphatic heterocycles. The molecule has 0 aliphatic rings. The van der Waals surface area contributed by atoms with Crippen LogP contribution >= 0.6 is 0 Å². The van der Waals surface area contributed by atoms with Crippen LogP contribution in [0.4, 0.5) is 5.82 Å². The number of methoxy groups -OCH3 is 1. The van der Waals surface area contributed by atoms with E-state index in [4.69, 9.17) is 15.5 Å². The highest BCUT2D eigenvalue weighted by molar-refractivity contribution is 5.71. The van der Waals surface area contributed by atoms with Crippen molar-refractivity contribution in [1.29, 1.82) is 0 Å². The Kier molecular flexibility index (Phi) is 3.27. The van der Waals surface area contributed by atoms with Gasteiger partial charge >= 0.3 is 0 Å². The Balaban J connectivity index is 2.50. The average Bonchev–Trinajstić information content (AvgIpc) is 2.66. The zero-order chi connectivity index (χ0) is 14.2. The van der Waals surface area contributed by atoms with Crippen molar-refractivity contribution in [1.82, 2.24) is 9.55 Å². The van der Waals surface area contributed by atoms with E-state index in [9.17, 15) is 0 Å². The molecule has 1 aromatic heterocycles. The molecule has 0 fully saturated rings. The maximum absolute atomic E-state index is 6.17. The van der Waals surface area contributed by atoms with Crippen LogP contribution < -0.4 is 10.5 Å². The largest absolute Gasteiger partial charge is 0.497 e. The molecule has 2 N–H and O–H groups in total. The van der Waals surface area contributed by atoms with Crippen molar-refractivity contribution < 1.29 is 4.74 Å². The van der Waals surface area contributed by atoms with Gasteiger partial charge in [0.2, 0.25) is 0 Å². The number of nitrogen functional groups attached to an aromatic ring is 1. The molecule has 0 atom stereocenters. The standard InChI is InChI=1S/C15H21N3O/c1-15(2,3)14-17-12(13(16)18(14)4)10-6-8-11(19-5)9-7-10/h6-9H,16H2,1-5H3. The maximum Gasteiger partial charge on any atom is 0.131 e. The molecular weight excluding hydrogens is 238 g/mol. The molecule has 4 heteroatoms. The third-order valence-electron chi connectivity index (χ3n) is 3.17. The fourth-order valence-corrected chi connectivity index (χ4v) is 2.14. The summed E-state index contributed by atoms with van der Waals surface area (Å²) < 4.78 is 7.12. The van der Waals surface area contributed by atoms with Gasteiger partial charge in [0.15, 0.2) is 0 Å². The third-order valence-corrected chi connectivity index (χ3v) is 3.17. The number of nitrogens with zero attached hydrogens (tertiary/aromatic N) is 2. The summed E-state index contributed by atoms with van der Waals surface area (Å²) in [6, 6.07) is 7.79. The summed E-state index contributed by atoms with van der Waals surface area (Å²) in [7, 11) is 3.61. The van der Waals surface area contributed by atoms with Gasteiger partial charge < -0.3 is 15.0 Å². The van der Waals surface area contributed by atoms with Crippen LogP contribution in [0.25, 0.3) is 11.3 Å². The Morgan fingerprint density at radius 3 is 2.16 bits per heavy atom. The fourth-order valence-electron chi connectivity index (χ4n) is 2.14. The number of benzene rings is 1. The van der Waals surface area contributed by atoms with Crippen molar-refractivity contribution >= 4 is 5.82 Å². The lowest BCUT2D eigenvalue weighted by Crippen LogP contribution is -2.17. The molecule has 0 saturated carbocycles. The van der Waals surface area contributed by atoms with E-state index >= 15 is 0 Å². The molecule has 0 spiro atoms. The van der Waals surface area contributed by atoms with Crippen LogP contribution in [-0.4, -0.2) is 16.7 Å². The van der Waals surface area contributed by atoms with E-state index in [1.807, 2.05) is 35.9 Å². The predicted molar refractivity (Wildman–Crippen MR) is 78.3 cm³/mol. The first kappa shape index (κ1) is 13.5. The molecule has 0 radical (unpaired) electrons. The van der Waals surface area contributed by atoms with Gasteiger partial charge in [-0.25, -0.2) is 4.98 Å². The molecule has 0 saturated heterocycles. The Labute approximate surface area is 114 Å². The van der Waals surface area contributed by atoms with E-state index in [0.717, 1.165) is 22.8 Å². The molecular formula is C15H21N3O. The van der Waals surface area contributed by atoms with Crippen molar-refractivity contribution in [3.8, 4) is 17.0 Å². The van der Waals surface area contributed by atoms with Crippen molar-refractivity contribution in [3.63, 3.8) is 0 Å². The second-order valence-electron chi connectivity index (χ2n) is 5.71. The summed E-state index contributed by atoms with van der Waals surface area (Å²) in [5.74, 6) is 2.50. The van der Waals surface area contributed by atoms with Gasteiger partial charge in [0.05, 0.1) is 7.11 Å². The first-order valence-electron chi connectivity index (χ1n) is 6.31. The molecule has 102 valence electrons. The summed E-state index contributed by atoms with van der Waals surface area (Å²) in [6.07, 6.45) is 0. The minimum Gasteiger partial charge on any atom is -0.497 e. The molecule has 1 heterocycles. The number of hydrogen-bond donors (Lipinski definition) is 1. The molecule has 0 unspecified atom stereocenters. The molecule has 1 aromatic carbocycles. The van der Waals surface area contributed by atoms with E-state index in [1.54, 1.807) is 7.11 Å². The Morgan fingerprint density at radius 2 is 1.74 bits per heavy atom. The maximum atomic E-state index is 6.17. The van der Waals surface area contributed by atoms with E-state index in [2.05, 4.69) is 20.8 Å².